The third-order valence-electron chi connectivity index (χ3n) is 6.20. The molecular formula is C27H36N4O4. The Kier molecular flexibility index (Phi) is 9.81. The van der Waals surface area contributed by atoms with Gasteiger partial charge in [-0.2, -0.15) is 0 Å². The molecule has 1 unspecified atom stereocenters. The third kappa shape index (κ3) is 6.26. The lowest BCUT2D eigenvalue weighted by Crippen LogP contribution is -2.39. The average molecular weight is 481 g/mol. The fraction of sp³-hybridized carbons (Fsp3) is 0.444. The van der Waals surface area contributed by atoms with Crippen LogP contribution in [0.15, 0.2) is 53.3 Å². The van der Waals surface area contributed by atoms with Crippen molar-refractivity contribution in [3.63, 3.8) is 0 Å². The van der Waals surface area contributed by atoms with Gasteiger partial charge in [0.25, 0.3) is 11.5 Å². The molecule has 2 aromatic carbocycles. The van der Waals surface area contributed by atoms with Crippen LogP contribution in [-0.2, 0) is 11.3 Å². The van der Waals surface area contributed by atoms with E-state index in [0.717, 1.165) is 25.7 Å². The molecule has 3 aromatic rings. The quantitative estimate of drug-likeness (QED) is 0.374. The van der Waals surface area contributed by atoms with Crippen LogP contribution < -0.4 is 16.0 Å². The van der Waals surface area contributed by atoms with Crippen LogP contribution in [0.1, 0.15) is 54.8 Å². The summed E-state index contributed by atoms with van der Waals surface area (Å²) in [6.45, 7) is 3.81. The minimum atomic E-state index is -0.448. The number of ether oxygens (including phenoxy) is 2. The smallest absolute Gasteiger partial charge is 0.261 e. The molecule has 0 spiro atoms. The van der Waals surface area contributed by atoms with Crippen molar-refractivity contribution in [1.29, 1.82) is 0 Å². The van der Waals surface area contributed by atoms with Gasteiger partial charge >= 0.3 is 0 Å². The first-order valence-corrected chi connectivity index (χ1v) is 12.2. The number of methoxy groups -OCH3 is 2. The van der Waals surface area contributed by atoms with Gasteiger partial charge < -0.3 is 20.1 Å². The van der Waals surface area contributed by atoms with Crippen LogP contribution in [0.5, 0.6) is 5.75 Å². The van der Waals surface area contributed by atoms with E-state index in [-0.39, 0.29) is 11.5 Å². The number of para-hydroxylation sites is 2. The van der Waals surface area contributed by atoms with Gasteiger partial charge in [0, 0.05) is 13.7 Å². The second-order valence-corrected chi connectivity index (χ2v) is 8.51. The van der Waals surface area contributed by atoms with Crippen molar-refractivity contribution < 1.29 is 14.3 Å². The molecule has 0 saturated heterocycles. The van der Waals surface area contributed by atoms with Gasteiger partial charge in [0.05, 0.1) is 42.8 Å². The maximum atomic E-state index is 13.8. The Balaban J connectivity index is 2.05. The maximum Gasteiger partial charge on any atom is 0.261 e. The zero-order valence-electron chi connectivity index (χ0n) is 20.9. The number of nitrogens with zero attached hydrogens (tertiary/aromatic N) is 3. The Morgan fingerprint density at radius 1 is 1.06 bits per heavy atom. The van der Waals surface area contributed by atoms with E-state index in [0.29, 0.717) is 54.3 Å². The first kappa shape index (κ1) is 26.4. The topological polar surface area (TPSA) is 99.7 Å². The SMILES string of the molecule is COCCn1c(C(C)N(CCCCCCN)C(=O)c2ccccc2OC)nc2ccccc2c1=O. The molecule has 35 heavy (non-hydrogen) atoms. The molecule has 0 aliphatic carbocycles. The van der Waals surface area contributed by atoms with E-state index in [1.807, 2.05) is 37.3 Å². The van der Waals surface area contributed by atoms with Crippen molar-refractivity contribution in [1.82, 2.24) is 14.5 Å². The molecule has 1 heterocycles. The van der Waals surface area contributed by atoms with Crippen molar-refractivity contribution in [2.75, 3.05) is 33.9 Å². The van der Waals surface area contributed by atoms with Crippen molar-refractivity contribution in [3.05, 3.63) is 70.3 Å². The van der Waals surface area contributed by atoms with E-state index in [2.05, 4.69) is 0 Å². The van der Waals surface area contributed by atoms with Gasteiger partial charge in [-0.1, -0.05) is 37.1 Å². The lowest BCUT2D eigenvalue weighted by atomic mass is 10.1. The minimum Gasteiger partial charge on any atom is -0.496 e. The third-order valence-corrected chi connectivity index (χ3v) is 6.20. The number of amides is 1. The number of unbranched alkanes of at least 4 members (excludes halogenated alkanes) is 3. The van der Waals surface area contributed by atoms with Crippen LogP contribution in [-0.4, -0.2) is 54.3 Å². The fourth-order valence-electron chi connectivity index (χ4n) is 4.27. The summed E-state index contributed by atoms with van der Waals surface area (Å²) in [7, 11) is 3.15. The summed E-state index contributed by atoms with van der Waals surface area (Å²) in [4.78, 5) is 33.8. The lowest BCUT2D eigenvalue weighted by molar-refractivity contribution is 0.0669. The van der Waals surface area contributed by atoms with Gasteiger partial charge in [-0.15, -0.1) is 0 Å². The number of benzene rings is 2. The Morgan fingerprint density at radius 3 is 2.51 bits per heavy atom. The molecule has 0 bridgehead atoms. The first-order chi connectivity index (χ1) is 17.0. The monoisotopic (exact) mass is 480 g/mol. The predicted molar refractivity (Wildman–Crippen MR) is 138 cm³/mol. The number of carbonyl (C=O) groups is 1. The van der Waals surface area contributed by atoms with E-state index in [1.54, 1.807) is 41.9 Å². The highest BCUT2D eigenvalue weighted by molar-refractivity contribution is 5.97. The molecule has 1 aromatic heterocycles. The molecule has 1 amide bonds. The summed E-state index contributed by atoms with van der Waals surface area (Å²) in [5.74, 6) is 0.895. The summed E-state index contributed by atoms with van der Waals surface area (Å²) in [5.41, 5.74) is 6.59. The number of aromatic nitrogens is 2. The standard InChI is InChI=1S/C27H36N4O4/c1-20(25-29-23-14-8-6-12-21(23)26(32)31(25)18-19-34-2)30(17-11-5-4-10-16-28)27(33)22-13-7-9-15-24(22)35-3/h6-9,12-15,20H,4-5,10-11,16-19,28H2,1-3H3. The van der Waals surface area contributed by atoms with Gasteiger partial charge in [-0.05, 0) is 50.6 Å². The number of hydrogen-bond donors (Lipinski definition) is 1. The number of hydrogen-bond acceptors (Lipinski definition) is 6. The molecule has 8 nitrogen and oxygen atoms in total. The molecule has 3 rings (SSSR count). The van der Waals surface area contributed by atoms with Gasteiger partial charge in [0.1, 0.15) is 11.6 Å². The second-order valence-electron chi connectivity index (χ2n) is 8.51. The van der Waals surface area contributed by atoms with Gasteiger partial charge in [0.2, 0.25) is 0 Å². The van der Waals surface area contributed by atoms with E-state index in [4.69, 9.17) is 20.2 Å². The van der Waals surface area contributed by atoms with Gasteiger partial charge in [-0.3, -0.25) is 14.2 Å². The Bertz CT molecular complexity index is 1180. The summed E-state index contributed by atoms with van der Waals surface area (Å²) in [6, 6.07) is 14.0. The number of nitrogens with two attached hydrogens (primary N) is 1. The van der Waals surface area contributed by atoms with Gasteiger partial charge in [-0.25, -0.2) is 4.98 Å². The molecule has 0 fully saturated rings. The molecule has 0 aliphatic rings. The Hall–Kier alpha value is -3.23. The van der Waals surface area contributed by atoms with Crippen LogP contribution in [0, 0.1) is 0 Å². The molecule has 2 N–H and O–H groups in total. The zero-order valence-corrected chi connectivity index (χ0v) is 20.9. The summed E-state index contributed by atoms with van der Waals surface area (Å²) in [5, 5.41) is 0.545. The largest absolute Gasteiger partial charge is 0.496 e. The molecule has 8 heteroatoms. The molecular weight excluding hydrogens is 444 g/mol. The fourth-order valence-corrected chi connectivity index (χ4v) is 4.27. The van der Waals surface area contributed by atoms with Crippen molar-refractivity contribution in [3.8, 4) is 5.75 Å². The summed E-state index contributed by atoms with van der Waals surface area (Å²) < 4.78 is 12.4. The van der Waals surface area contributed by atoms with Crippen molar-refractivity contribution >= 4 is 16.8 Å². The van der Waals surface area contributed by atoms with Gasteiger partial charge in [0.15, 0.2) is 0 Å². The molecule has 188 valence electrons. The number of fused-ring (bicyclic) bond motifs is 1. The van der Waals surface area contributed by atoms with E-state index in [1.165, 1.54) is 0 Å². The zero-order chi connectivity index (χ0) is 25.2. The number of carbonyl (C=O) groups excluding carboxylic acids is 1. The Labute approximate surface area is 206 Å². The minimum absolute atomic E-state index is 0.137. The predicted octanol–water partition coefficient (Wildman–Crippen LogP) is 3.77. The van der Waals surface area contributed by atoms with Crippen molar-refractivity contribution in [2.24, 2.45) is 5.73 Å². The van der Waals surface area contributed by atoms with Crippen LogP contribution in [0.2, 0.25) is 0 Å². The van der Waals surface area contributed by atoms with Crippen molar-refractivity contribution in [2.45, 2.75) is 45.2 Å². The normalized spacial score (nSPS) is 12.0. The lowest BCUT2D eigenvalue weighted by Gasteiger charge is -2.31. The van der Waals surface area contributed by atoms with Crippen LogP contribution in [0.3, 0.4) is 0 Å². The van der Waals surface area contributed by atoms with E-state index in [9.17, 15) is 9.59 Å². The molecule has 1 atom stereocenters. The molecule has 0 saturated carbocycles. The highest BCUT2D eigenvalue weighted by Crippen LogP contribution is 2.26. The Morgan fingerprint density at radius 2 is 1.77 bits per heavy atom. The van der Waals surface area contributed by atoms with E-state index < -0.39 is 6.04 Å². The van der Waals surface area contributed by atoms with E-state index >= 15 is 0 Å². The first-order valence-electron chi connectivity index (χ1n) is 12.2. The highest BCUT2D eigenvalue weighted by Gasteiger charge is 2.28. The van der Waals surface area contributed by atoms with Crippen LogP contribution >= 0.6 is 0 Å². The average Bonchev–Trinajstić information content (AvgIpc) is 2.89. The van der Waals surface area contributed by atoms with Crippen LogP contribution in [0.4, 0.5) is 0 Å². The summed E-state index contributed by atoms with van der Waals surface area (Å²) in [6.07, 6.45) is 3.75. The van der Waals surface area contributed by atoms with Crippen LogP contribution in [0.25, 0.3) is 10.9 Å². The molecule has 0 aliphatic heterocycles. The highest BCUT2D eigenvalue weighted by atomic mass is 16.5. The molecule has 0 radical (unpaired) electrons. The number of rotatable bonds is 13. The second kappa shape index (κ2) is 13.0. The maximum absolute atomic E-state index is 13.8. The summed E-state index contributed by atoms with van der Waals surface area (Å²) >= 11 is 0.